The molecule has 1 aromatic heterocycles. The number of ether oxygens (including phenoxy) is 2. The lowest BCUT2D eigenvalue weighted by atomic mass is 10.2. The van der Waals surface area contributed by atoms with Crippen molar-refractivity contribution in [2.24, 2.45) is 0 Å². The number of halogens is 1. The van der Waals surface area contributed by atoms with Crippen molar-refractivity contribution in [1.29, 1.82) is 0 Å². The van der Waals surface area contributed by atoms with Gasteiger partial charge in [-0.2, -0.15) is 0 Å². The van der Waals surface area contributed by atoms with Gasteiger partial charge in [0.1, 0.15) is 0 Å². The molecule has 0 radical (unpaired) electrons. The Balaban J connectivity index is 1.93. The summed E-state index contributed by atoms with van der Waals surface area (Å²) in [7, 11) is 0. The Hall–Kier alpha value is -1.91. The van der Waals surface area contributed by atoms with Gasteiger partial charge in [0.25, 0.3) is 0 Å². The minimum atomic E-state index is -0.515. The highest BCUT2D eigenvalue weighted by atomic mass is 35.5. The second-order valence-electron chi connectivity index (χ2n) is 4.37. The van der Waals surface area contributed by atoms with Gasteiger partial charge in [0, 0.05) is 6.20 Å². The second kappa shape index (κ2) is 7.76. The Bertz CT molecular complexity index is 602. The summed E-state index contributed by atoms with van der Waals surface area (Å²) in [6.07, 6.45) is 1.57. The number of hydrogen-bond donors (Lipinski definition) is 0. The van der Waals surface area contributed by atoms with Gasteiger partial charge in [0.15, 0.2) is 5.69 Å². The van der Waals surface area contributed by atoms with Crippen LogP contribution in [0, 0.1) is 0 Å². The van der Waals surface area contributed by atoms with Crippen LogP contribution in [0.3, 0.4) is 0 Å². The number of esters is 1. The Labute approximate surface area is 128 Å². The molecule has 2 rings (SSSR count). The SMILES string of the molecule is CCOC(=O)c1ncc(COCc2ccccc2)cc1Cl. The fraction of sp³-hybridized carbons (Fsp3) is 0.250. The third-order valence-corrected chi connectivity index (χ3v) is 3.03. The quantitative estimate of drug-likeness (QED) is 0.765. The van der Waals surface area contributed by atoms with Gasteiger partial charge in [-0.15, -0.1) is 0 Å². The summed E-state index contributed by atoms with van der Waals surface area (Å²) in [5, 5.41) is 0.272. The maximum absolute atomic E-state index is 11.6. The molecule has 0 aliphatic carbocycles. The van der Waals surface area contributed by atoms with E-state index in [1.807, 2.05) is 30.3 Å². The van der Waals surface area contributed by atoms with E-state index >= 15 is 0 Å². The van der Waals surface area contributed by atoms with E-state index in [0.717, 1.165) is 11.1 Å². The highest BCUT2D eigenvalue weighted by Gasteiger charge is 2.13. The lowest BCUT2D eigenvalue weighted by molar-refractivity contribution is 0.0519. The zero-order chi connectivity index (χ0) is 15.1. The molecule has 0 bridgehead atoms. The van der Waals surface area contributed by atoms with E-state index in [0.29, 0.717) is 19.8 Å². The molecule has 21 heavy (non-hydrogen) atoms. The molecule has 0 atom stereocenters. The Morgan fingerprint density at radius 2 is 1.90 bits per heavy atom. The van der Waals surface area contributed by atoms with Crippen LogP contribution >= 0.6 is 11.6 Å². The summed E-state index contributed by atoms with van der Waals surface area (Å²) >= 11 is 6.04. The maximum Gasteiger partial charge on any atom is 0.358 e. The first-order valence-electron chi connectivity index (χ1n) is 6.64. The molecule has 0 unspecified atom stereocenters. The van der Waals surface area contributed by atoms with Crippen molar-refractivity contribution < 1.29 is 14.3 Å². The van der Waals surface area contributed by atoms with Crippen LogP contribution in [0.2, 0.25) is 5.02 Å². The first kappa shape index (κ1) is 15.5. The third-order valence-electron chi connectivity index (χ3n) is 2.75. The molecule has 0 aliphatic rings. The van der Waals surface area contributed by atoms with E-state index in [9.17, 15) is 4.79 Å². The number of hydrogen-bond acceptors (Lipinski definition) is 4. The van der Waals surface area contributed by atoms with Crippen LogP contribution in [-0.4, -0.2) is 17.6 Å². The molecule has 0 fully saturated rings. The second-order valence-corrected chi connectivity index (χ2v) is 4.78. The van der Waals surface area contributed by atoms with Crippen LogP contribution in [0.5, 0.6) is 0 Å². The third kappa shape index (κ3) is 4.55. The number of carbonyl (C=O) groups is 1. The molecule has 0 spiro atoms. The van der Waals surface area contributed by atoms with Crippen LogP contribution < -0.4 is 0 Å². The summed E-state index contributed by atoms with van der Waals surface area (Å²) in [4.78, 5) is 15.6. The molecule has 1 heterocycles. The predicted octanol–water partition coefficient (Wildman–Crippen LogP) is 3.63. The van der Waals surface area contributed by atoms with Crippen molar-refractivity contribution in [1.82, 2.24) is 4.98 Å². The minimum absolute atomic E-state index is 0.130. The highest BCUT2D eigenvalue weighted by molar-refractivity contribution is 6.33. The van der Waals surface area contributed by atoms with Crippen molar-refractivity contribution >= 4 is 17.6 Å². The normalized spacial score (nSPS) is 10.4. The van der Waals surface area contributed by atoms with Crippen molar-refractivity contribution in [3.05, 3.63) is 64.4 Å². The van der Waals surface area contributed by atoms with Gasteiger partial charge in [0.2, 0.25) is 0 Å². The summed E-state index contributed by atoms with van der Waals surface area (Å²) < 4.78 is 10.5. The summed E-state index contributed by atoms with van der Waals surface area (Å²) in [5.41, 5.74) is 2.04. The molecule has 2 aromatic rings. The van der Waals surface area contributed by atoms with Gasteiger partial charge in [-0.1, -0.05) is 41.9 Å². The lowest BCUT2D eigenvalue weighted by Gasteiger charge is -2.07. The average molecular weight is 306 g/mol. The Morgan fingerprint density at radius 1 is 1.19 bits per heavy atom. The molecular weight excluding hydrogens is 290 g/mol. The van der Waals surface area contributed by atoms with Crippen molar-refractivity contribution in [2.45, 2.75) is 20.1 Å². The van der Waals surface area contributed by atoms with E-state index in [1.54, 1.807) is 19.2 Å². The van der Waals surface area contributed by atoms with E-state index in [-0.39, 0.29) is 10.7 Å². The van der Waals surface area contributed by atoms with Gasteiger partial charge in [-0.25, -0.2) is 9.78 Å². The number of rotatable bonds is 6. The molecule has 0 saturated heterocycles. The monoisotopic (exact) mass is 305 g/mol. The zero-order valence-electron chi connectivity index (χ0n) is 11.7. The largest absolute Gasteiger partial charge is 0.461 e. The molecule has 0 N–H and O–H groups in total. The topological polar surface area (TPSA) is 48.4 Å². The van der Waals surface area contributed by atoms with Crippen molar-refractivity contribution in [3.8, 4) is 0 Å². The Morgan fingerprint density at radius 3 is 2.57 bits per heavy atom. The van der Waals surface area contributed by atoms with E-state index in [1.165, 1.54) is 0 Å². The molecule has 0 saturated carbocycles. The maximum atomic E-state index is 11.6. The van der Waals surface area contributed by atoms with Crippen LogP contribution in [0.15, 0.2) is 42.6 Å². The molecule has 0 aliphatic heterocycles. The minimum Gasteiger partial charge on any atom is -0.461 e. The van der Waals surface area contributed by atoms with E-state index in [2.05, 4.69) is 4.98 Å². The number of pyridine rings is 1. The zero-order valence-corrected chi connectivity index (χ0v) is 12.5. The molecule has 0 amide bonds. The van der Waals surface area contributed by atoms with E-state index < -0.39 is 5.97 Å². The van der Waals surface area contributed by atoms with Gasteiger partial charge in [-0.3, -0.25) is 0 Å². The number of carbonyl (C=O) groups excluding carboxylic acids is 1. The molecule has 5 heteroatoms. The van der Waals surface area contributed by atoms with Crippen molar-refractivity contribution in [2.75, 3.05) is 6.61 Å². The highest BCUT2D eigenvalue weighted by Crippen LogP contribution is 2.17. The fourth-order valence-corrected chi connectivity index (χ4v) is 2.03. The van der Waals surface area contributed by atoms with Crippen LogP contribution in [0.1, 0.15) is 28.5 Å². The van der Waals surface area contributed by atoms with Crippen LogP contribution in [0.25, 0.3) is 0 Å². The van der Waals surface area contributed by atoms with Crippen molar-refractivity contribution in [3.63, 3.8) is 0 Å². The van der Waals surface area contributed by atoms with Gasteiger partial charge < -0.3 is 9.47 Å². The van der Waals surface area contributed by atoms with Crippen LogP contribution in [0.4, 0.5) is 0 Å². The Kier molecular flexibility index (Phi) is 5.72. The lowest BCUT2D eigenvalue weighted by Crippen LogP contribution is -2.08. The first-order valence-corrected chi connectivity index (χ1v) is 7.01. The fourth-order valence-electron chi connectivity index (χ4n) is 1.77. The number of nitrogens with zero attached hydrogens (tertiary/aromatic N) is 1. The summed E-state index contributed by atoms with van der Waals surface area (Å²) in [6.45, 7) is 2.92. The van der Waals surface area contributed by atoms with E-state index in [4.69, 9.17) is 21.1 Å². The first-order chi connectivity index (χ1) is 10.2. The summed E-state index contributed by atoms with van der Waals surface area (Å²) in [5.74, 6) is -0.515. The standard InChI is InChI=1S/C16H16ClNO3/c1-2-21-16(19)15-14(17)8-13(9-18-15)11-20-10-12-6-4-3-5-7-12/h3-9H,2,10-11H2,1H3. The predicted molar refractivity (Wildman–Crippen MR) is 80.1 cm³/mol. The summed E-state index contributed by atoms with van der Waals surface area (Å²) in [6, 6.07) is 11.5. The molecule has 110 valence electrons. The van der Waals surface area contributed by atoms with Crippen LogP contribution in [-0.2, 0) is 22.7 Å². The molecule has 4 nitrogen and oxygen atoms in total. The average Bonchev–Trinajstić information content (AvgIpc) is 2.48. The van der Waals surface area contributed by atoms with Gasteiger partial charge in [-0.05, 0) is 24.1 Å². The number of benzene rings is 1. The van der Waals surface area contributed by atoms with Gasteiger partial charge >= 0.3 is 5.97 Å². The molecular formula is C16H16ClNO3. The molecule has 1 aromatic carbocycles. The smallest absolute Gasteiger partial charge is 0.358 e. The number of aromatic nitrogens is 1. The van der Waals surface area contributed by atoms with Gasteiger partial charge in [0.05, 0.1) is 24.8 Å².